The fraction of sp³-hybridized carbons (Fsp3) is 0.250. The molecule has 3 nitrogen and oxygen atoms in total. The van der Waals surface area contributed by atoms with Crippen LogP contribution in [-0.4, -0.2) is 28.9 Å². The standard InChI is InChI=1S/C8H6Cl2N2O/c9-6-3-5(4-7(10)11-6)8(13)12-1-2-12/h3-4H,1-2H2. The molecule has 1 fully saturated rings. The van der Waals surface area contributed by atoms with Crippen LogP contribution in [0.1, 0.15) is 10.4 Å². The van der Waals surface area contributed by atoms with E-state index < -0.39 is 0 Å². The zero-order valence-corrected chi connectivity index (χ0v) is 8.14. The average Bonchev–Trinajstić information content (AvgIpc) is 2.83. The molecular weight excluding hydrogens is 211 g/mol. The fourth-order valence-corrected chi connectivity index (χ4v) is 1.48. The van der Waals surface area contributed by atoms with Gasteiger partial charge in [-0.2, -0.15) is 0 Å². The van der Waals surface area contributed by atoms with Crippen molar-refractivity contribution in [3.63, 3.8) is 0 Å². The summed E-state index contributed by atoms with van der Waals surface area (Å²) in [7, 11) is 0. The highest BCUT2D eigenvalue weighted by atomic mass is 35.5. The Morgan fingerprint density at radius 3 is 2.31 bits per heavy atom. The molecule has 0 unspecified atom stereocenters. The summed E-state index contributed by atoms with van der Waals surface area (Å²) in [6.45, 7) is 1.63. The molecule has 1 aliphatic rings. The maximum absolute atomic E-state index is 11.5. The van der Waals surface area contributed by atoms with Crippen LogP contribution < -0.4 is 0 Å². The Hall–Kier alpha value is -0.800. The van der Waals surface area contributed by atoms with Crippen LogP contribution >= 0.6 is 23.2 Å². The van der Waals surface area contributed by atoms with E-state index in [0.29, 0.717) is 5.56 Å². The van der Waals surface area contributed by atoms with E-state index in [-0.39, 0.29) is 16.2 Å². The average molecular weight is 217 g/mol. The molecule has 0 aliphatic carbocycles. The van der Waals surface area contributed by atoms with Crippen LogP contribution in [0.25, 0.3) is 0 Å². The van der Waals surface area contributed by atoms with Gasteiger partial charge in [-0.05, 0) is 12.1 Å². The lowest BCUT2D eigenvalue weighted by molar-refractivity contribution is 0.0885. The Morgan fingerprint density at radius 1 is 1.31 bits per heavy atom. The van der Waals surface area contributed by atoms with Crippen molar-refractivity contribution in [2.75, 3.05) is 13.1 Å². The van der Waals surface area contributed by atoms with Gasteiger partial charge < -0.3 is 4.90 Å². The molecule has 0 bridgehead atoms. The van der Waals surface area contributed by atoms with Crippen molar-refractivity contribution >= 4 is 29.1 Å². The fourth-order valence-electron chi connectivity index (χ4n) is 1.02. The number of carbonyl (C=O) groups excluding carboxylic acids is 1. The SMILES string of the molecule is O=C(c1cc(Cl)nc(Cl)c1)N1CC1. The van der Waals surface area contributed by atoms with E-state index >= 15 is 0 Å². The maximum Gasteiger partial charge on any atom is 0.254 e. The van der Waals surface area contributed by atoms with Crippen molar-refractivity contribution in [1.82, 2.24) is 9.88 Å². The van der Waals surface area contributed by atoms with E-state index in [9.17, 15) is 4.79 Å². The van der Waals surface area contributed by atoms with Gasteiger partial charge >= 0.3 is 0 Å². The molecule has 68 valence electrons. The molecule has 1 amide bonds. The lowest BCUT2D eigenvalue weighted by Gasteiger charge is -2.01. The summed E-state index contributed by atoms with van der Waals surface area (Å²) < 4.78 is 0. The Morgan fingerprint density at radius 2 is 1.85 bits per heavy atom. The Kier molecular flexibility index (Phi) is 2.14. The summed E-state index contributed by atoms with van der Waals surface area (Å²) in [5.41, 5.74) is 0.502. The van der Waals surface area contributed by atoms with Gasteiger partial charge in [0.05, 0.1) is 0 Å². The first-order valence-electron chi connectivity index (χ1n) is 3.79. The summed E-state index contributed by atoms with van der Waals surface area (Å²) in [5, 5.41) is 0.496. The molecule has 1 aliphatic heterocycles. The monoisotopic (exact) mass is 216 g/mol. The predicted octanol–water partition coefficient (Wildman–Crippen LogP) is 1.84. The van der Waals surface area contributed by atoms with Gasteiger partial charge in [0.25, 0.3) is 5.91 Å². The maximum atomic E-state index is 11.5. The van der Waals surface area contributed by atoms with Crippen LogP contribution in [0.3, 0.4) is 0 Å². The van der Waals surface area contributed by atoms with Gasteiger partial charge in [-0.3, -0.25) is 4.79 Å². The van der Waals surface area contributed by atoms with Crippen LogP contribution in [0.4, 0.5) is 0 Å². The lowest BCUT2D eigenvalue weighted by Crippen LogP contribution is -2.10. The summed E-state index contributed by atoms with van der Waals surface area (Å²) >= 11 is 11.3. The summed E-state index contributed by atoms with van der Waals surface area (Å²) in [5.74, 6) is -0.0359. The zero-order chi connectivity index (χ0) is 9.42. The minimum Gasteiger partial charge on any atom is -0.335 e. The first kappa shape index (κ1) is 8.78. The number of amides is 1. The summed E-state index contributed by atoms with van der Waals surface area (Å²) in [6, 6.07) is 3.04. The quantitative estimate of drug-likeness (QED) is 0.531. The molecule has 2 heterocycles. The van der Waals surface area contributed by atoms with Crippen molar-refractivity contribution in [1.29, 1.82) is 0 Å². The molecule has 5 heteroatoms. The largest absolute Gasteiger partial charge is 0.335 e. The molecule has 1 aromatic rings. The van der Waals surface area contributed by atoms with E-state index in [1.807, 2.05) is 0 Å². The van der Waals surface area contributed by atoms with Gasteiger partial charge in [-0.15, -0.1) is 0 Å². The number of carbonyl (C=O) groups is 1. The van der Waals surface area contributed by atoms with Gasteiger partial charge in [0.1, 0.15) is 10.3 Å². The smallest absolute Gasteiger partial charge is 0.254 e. The zero-order valence-electron chi connectivity index (χ0n) is 6.63. The molecule has 2 rings (SSSR count). The minimum absolute atomic E-state index is 0.0359. The molecule has 0 aromatic carbocycles. The third-order valence-corrected chi connectivity index (χ3v) is 2.13. The molecule has 0 spiro atoms. The molecule has 0 atom stereocenters. The normalized spacial score (nSPS) is 14.5. The van der Waals surface area contributed by atoms with Crippen molar-refractivity contribution in [2.24, 2.45) is 0 Å². The number of pyridine rings is 1. The predicted molar refractivity (Wildman–Crippen MR) is 50.2 cm³/mol. The second-order valence-electron chi connectivity index (χ2n) is 2.79. The first-order chi connectivity index (χ1) is 6.16. The van der Waals surface area contributed by atoms with Crippen molar-refractivity contribution in [3.05, 3.63) is 28.0 Å². The molecule has 1 saturated heterocycles. The van der Waals surface area contributed by atoms with Crippen molar-refractivity contribution in [2.45, 2.75) is 0 Å². The summed E-state index contributed by atoms with van der Waals surface area (Å²) in [6.07, 6.45) is 0. The lowest BCUT2D eigenvalue weighted by atomic mass is 10.2. The number of hydrogen-bond acceptors (Lipinski definition) is 2. The van der Waals surface area contributed by atoms with E-state index in [2.05, 4.69) is 4.98 Å². The van der Waals surface area contributed by atoms with Crippen molar-refractivity contribution < 1.29 is 4.79 Å². The van der Waals surface area contributed by atoms with Gasteiger partial charge in [0.15, 0.2) is 0 Å². The summed E-state index contributed by atoms with van der Waals surface area (Å²) in [4.78, 5) is 16.9. The van der Waals surface area contributed by atoms with Gasteiger partial charge in [-0.25, -0.2) is 4.98 Å². The number of rotatable bonds is 1. The highest BCUT2D eigenvalue weighted by molar-refractivity contribution is 6.33. The van der Waals surface area contributed by atoms with Crippen LogP contribution in [0, 0.1) is 0 Å². The molecular formula is C8H6Cl2N2O. The molecule has 0 saturated carbocycles. The van der Waals surface area contributed by atoms with E-state index in [1.165, 1.54) is 12.1 Å². The number of hydrogen-bond donors (Lipinski definition) is 0. The van der Waals surface area contributed by atoms with Gasteiger partial charge in [-0.1, -0.05) is 23.2 Å². The van der Waals surface area contributed by atoms with Gasteiger partial charge in [0, 0.05) is 18.7 Å². The minimum atomic E-state index is -0.0359. The highest BCUT2D eigenvalue weighted by Crippen LogP contribution is 2.18. The van der Waals surface area contributed by atoms with Crippen molar-refractivity contribution in [3.8, 4) is 0 Å². The van der Waals surface area contributed by atoms with Gasteiger partial charge in [0.2, 0.25) is 0 Å². The Balaban J connectivity index is 2.33. The van der Waals surface area contributed by atoms with E-state index in [4.69, 9.17) is 23.2 Å². The Bertz CT molecular complexity index is 343. The van der Waals surface area contributed by atoms with Crippen LogP contribution in [0.5, 0.6) is 0 Å². The number of nitrogens with zero attached hydrogens (tertiary/aromatic N) is 2. The second kappa shape index (κ2) is 3.16. The number of halogens is 2. The van der Waals surface area contributed by atoms with Crippen LogP contribution in [-0.2, 0) is 0 Å². The third kappa shape index (κ3) is 1.92. The van der Waals surface area contributed by atoms with Crippen LogP contribution in [0.2, 0.25) is 10.3 Å². The molecule has 0 radical (unpaired) electrons. The molecule has 13 heavy (non-hydrogen) atoms. The first-order valence-corrected chi connectivity index (χ1v) is 4.55. The van der Waals surface area contributed by atoms with E-state index in [0.717, 1.165) is 13.1 Å². The Labute approximate surface area is 85.3 Å². The molecule has 0 N–H and O–H groups in total. The highest BCUT2D eigenvalue weighted by Gasteiger charge is 2.25. The second-order valence-corrected chi connectivity index (χ2v) is 3.57. The topological polar surface area (TPSA) is 33.0 Å². The molecule has 1 aromatic heterocycles. The third-order valence-electron chi connectivity index (χ3n) is 1.74. The van der Waals surface area contributed by atoms with E-state index in [1.54, 1.807) is 4.90 Å². The number of aromatic nitrogens is 1. The van der Waals surface area contributed by atoms with Crippen LogP contribution in [0.15, 0.2) is 12.1 Å².